The summed E-state index contributed by atoms with van der Waals surface area (Å²) in [5, 5.41) is 3.19. The molecule has 0 spiro atoms. The van der Waals surface area contributed by atoms with Crippen molar-refractivity contribution in [2.75, 3.05) is 32.7 Å². The predicted molar refractivity (Wildman–Crippen MR) is 65.5 cm³/mol. The molecule has 1 saturated heterocycles. The van der Waals surface area contributed by atoms with E-state index in [0.717, 1.165) is 13.1 Å². The van der Waals surface area contributed by atoms with Crippen LogP contribution in [0.4, 0.5) is 4.79 Å². The highest BCUT2D eigenvalue weighted by atomic mass is 16.2. The van der Waals surface area contributed by atoms with E-state index in [9.17, 15) is 9.59 Å². The summed E-state index contributed by atoms with van der Waals surface area (Å²) in [7, 11) is 0. The van der Waals surface area contributed by atoms with Gasteiger partial charge in [0.25, 0.3) is 0 Å². The minimum atomic E-state index is -0.877. The Bertz CT molecular complexity index is 298. The molecular formula is C11H22N4O2. The molecule has 0 atom stereocenters. The number of likely N-dealkylation sites (N-methyl/N-ethyl adjacent to an activating group) is 1. The Morgan fingerprint density at radius 1 is 1.35 bits per heavy atom. The minimum Gasteiger partial charge on any atom is -0.351 e. The Balaban J connectivity index is 2.79. The summed E-state index contributed by atoms with van der Waals surface area (Å²) in [6.07, 6.45) is 0. The number of hydrogen-bond donors (Lipinski definition) is 2. The van der Waals surface area contributed by atoms with E-state index in [1.165, 1.54) is 4.90 Å². The third-order valence-electron chi connectivity index (χ3n) is 3.18. The SMILES string of the molecule is CCN(C(N)=O)C(C)(C)C(=O)N1CCNCC1. The smallest absolute Gasteiger partial charge is 0.315 e. The van der Waals surface area contributed by atoms with Crippen LogP contribution in [0.2, 0.25) is 0 Å². The van der Waals surface area contributed by atoms with Gasteiger partial charge in [0, 0.05) is 32.7 Å². The summed E-state index contributed by atoms with van der Waals surface area (Å²) < 4.78 is 0. The number of rotatable bonds is 3. The number of nitrogens with one attached hydrogen (secondary N) is 1. The van der Waals surface area contributed by atoms with Gasteiger partial charge in [-0.05, 0) is 20.8 Å². The van der Waals surface area contributed by atoms with Gasteiger partial charge in [-0.1, -0.05) is 0 Å². The fraction of sp³-hybridized carbons (Fsp3) is 0.818. The minimum absolute atomic E-state index is 0.0420. The van der Waals surface area contributed by atoms with Crippen LogP contribution in [0.3, 0.4) is 0 Å². The number of carbonyl (C=O) groups is 2. The van der Waals surface area contributed by atoms with Crippen molar-refractivity contribution in [2.24, 2.45) is 5.73 Å². The van der Waals surface area contributed by atoms with Crippen molar-refractivity contribution < 1.29 is 9.59 Å². The molecule has 1 fully saturated rings. The van der Waals surface area contributed by atoms with E-state index in [1.54, 1.807) is 18.7 Å². The van der Waals surface area contributed by atoms with Gasteiger partial charge in [0.2, 0.25) is 5.91 Å². The molecule has 0 aliphatic carbocycles. The van der Waals surface area contributed by atoms with Crippen LogP contribution in [0.15, 0.2) is 0 Å². The molecule has 0 bridgehead atoms. The zero-order valence-electron chi connectivity index (χ0n) is 10.8. The van der Waals surface area contributed by atoms with E-state index >= 15 is 0 Å². The number of carbonyl (C=O) groups excluding carboxylic acids is 2. The Hall–Kier alpha value is -1.30. The number of piperazine rings is 1. The molecule has 6 heteroatoms. The highest BCUT2D eigenvalue weighted by Gasteiger charge is 2.39. The third kappa shape index (κ3) is 2.88. The molecular weight excluding hydrogens is 220 g/mol. The number of nitrogens with zero attached hydrogens (tertiary/aromatic N) is 2. The van der Waals surface area contributed by atoms with Gasteiger partial charge in [-0.25, -0.2) is 4.79 Å². The molecule has 17 heavy (non-hydrogen) atoms. The summed E-state index contributed by atoms with van der Waals surface area (Å²) in [5.74, 6) is -0.0420. The van der Waals surface area contributed by atoms with E-state index in [2.05, 4.69) is 5.32 Å². The standard InChI is InChI=1S/C11H22N4O2/c1-4-15(10(12)17)11(2,3)9(16)14-7-5-13-6-8-14/h13H,4-8H2,1-3H3,(H2,12,17). The van der Waals surface area contributed by atoms with E-state index in [1.807, 2.05) is 6.92 Å². The molecule has 3 N–H and O–H groups in total. The van der Waals surface area contributed by atoms with Crippen molar-refractivity contribution in [1.29, 1.82) is 0 Å². The molecule has 0 aromatic carbocycles. The van der Waals surface area contributed by atoms with Crippen LogP contribution in [-0.4, -0.2) is 60.0 Å². The average Bonchev–Trinajstić information content (AvgIpc) is 2.29. The predicted octanol–water partition coefficient (Wildman–Crippen LogP) is -0.403. The second-order valence-corrected chi connectivity index (χ2v) is 4.68. The van der Waals surface area contributed by atoms with Crippen LogP contribution in [0, 0.1) is 0 Å². The van der Waals surface area contributed by atoms with Gasteiger partial charge >= 0.3 is 6.03 Å². The molecule has 1 aliphatic rings. The van der Waals surface area contributed by atoms with Crippen molar-refractivity contribution in [3.63, 3.8) is 0 Å². The van der Waals surface area contributed by atoms with Crippen LogP contribution < -0.4 is 11.1 Å². The molecule has 0 radical (unpaired) electrons. The molecule has 0 unspecified atom stereocenters. The lowest BCUT2D eigenvalue weighted by Crippen LogP contribution is -2.61. The average molecular weight is 242 g/mol. The second kappa shape index (κ2) is 5.35. The maximum absolute atomic E-state index is 12.4. The van der Waals surface area contributed by atoms with Crippen LogP contribution in [0.1, 0.15) is 20.8 Å². The van der Waals surface area contributed by atoms with E-state index in [4.69, 9.17) is 5.73 Å². The highest BCUT2D eigenvalue weighted by molar-refractivity contribution is 5.90. The molecule has 6 nitrogen and oxygen atoms in total. The van der Waals surface area contributed by atoms with Crippen molar-refractivity contribution in [3.05, 3.63) is 0 Å². The fourth-order valence-corrected chi connectivity index (χ4v) is 2.20. The molecule has 1 rings (SSSR count). The quantitative estimate of drug-likeness (QED) is 0.706. The number of primary amides is 1. The molecule has 0 saturated carbocycles. The van der Waals surface area contributed by atoms with Crippen molar-refractivity contribution in [3.8, 4) is 0 Å². The molecule has 98 valence electrons. The van der Waals surface area contributed by atoms with Crippen molar-refractivity contribution >= 4 is 11.9 Å². The maximum Gasteiger partial charge on any atom is 0.315 e. The largest absolute Gasteiger partial charge is 0.351 e. The Morgan fingerprint density at radius 2 is 1.88 bits per heavy atom. The molecule has 1 heterocycles. The first-order valence-corrected chi connectivity index (χ1v) is 5.98. The molecule has 0 aromatic heterocycles. The fourth-order valence-electron chi connectivity index (χ4n) is 2.20. The van der Waals surface area contributed by atoms with Gasteiger partial charge in [0.05, 0.1) is 0 Å². The maximum atomic E-state index is 12.4. The van der Waals surface area contributed by atoms with Gasteiger partial charge in [-0.15, -0.1) is 0 Å². The Labute approximate surface area is 102 Å². The first kappa shape index (κ1) is 13.8. The number of amides is 3. The van der Waals surface area contributed by atoms with Crippen LogP contribution in [0.5, 0.6) is 0 Å². The second-order valence-electron chi connectivity index (χ2n) is 4.68. The van der Waals surface area contributed by atoms with E-state index in [0.29, 0.717) is 19.6 Å². The zero-order chi connectivity index (χ0) is 13.1. The van der Waals surface area contributed by atoms with Crippen LogP contribution in [-0.2, 0) is 4.79 Å². The summed E-state index contributed by atoms with van der Waals surface area (Å²) in [4.78, 5) is 26.9. The van der Waals surface area contributed by atoms with Gasteiger partial charge in [0.15, 0.2) is 0 Å². The van der Waals surface area contributed by atoms with Crippen LogP contribution >= 0.6 is 0 Å². The van der Waals surface area contributed by atoms with E-state index in [-0.39, 0.29) is 5.91 Å². The number of urea groups is 1. The third-order valence-corrected chi connectivity index (χ3v) is 3.18. The zero-order valence-corrected chi connectivity index (χ0v) is 10.8. The number of hydrogen-bond acceptors (Lipinski definition) is 3. The lowest BCUT2D eigenvalue weighted by molar-refractivity contribution is -0.141. The normalized spacial score (nSPS) is 16.8. The van der Waals surface area contributed by atoms with Gasteiger partial charge < -0.3 is 20.9 Å². The number of nitrogens with two attached hydrogens (primary N) is 1. The van der Waals surface area contributed by atoms with Gasteiger partial charge in [-0.2, -0.15) is 0 Å². The van der Waals surface area contributed by atoms with E-state index < -0.39 is 11.6 Å². The lowest BCUT2D eigenvalue weighted by atomic mass is 10.0. The monoisotopic (exact) mass is 242 g/mol. The topological polar surface area (TPSA) is 78.7 Å². The van der Waals surface area contributed by atoms with Crippen molar-refractivity contribution in [1.82, 2.24) is 15.1 Å². The van der Waals surface area contributed by atoms with Gasteiger partial charge in [-0.3, -0.25) is 4.79 Å². The first-order valence-electron chi connectivity index (χ1n) is 5.98. The molecule has 1 aliphatic heterocycles. The van der Waals surface area contributed by atoms with Gasteiger partial charge in [0.1, 0.15) is 5.54 Å². The summed E-state index contributed by atoms with van der Waals surface area (Å²) in [5.41, 5.74) is 4.43. The lowest BCUT2D eigenvalue weighted by Gasteiger charge is -2.40. The first-order chi connectivity index (χ1) is 7.91. The highest BCUT2D eigenvalue weighted by Crippen LogP contribution is 2.17. The molecule has 0 aromatic rings. The Morgan fingerprint density at radius 3 is 2.29 bits per heavy atom. The molecule has 3 amide bonds. The van der Waals surface area contributed by atoms with Crippen molar-refractivity contribution in [2.45, 2.75) is 26.3 Å². The summed E-state index contributed by atoms with van der Waals surface area (Å²) >= 11 is 0. The Kier molecular flexibility index (Phi) is 4.34. The van der Waals surface area contributed by atoms with Crippen LogP contribution in [0.25, 0.3) is 0 Å². The summed E-state index contributed by atoms with van der Waals surface area (Å²) in [6, 6.07) is -0.555. The summed E-state index contributed by atoms with van der Waals surface area (Å²) in [6.45, 7) is 8.68.